The van der Waals surface area contributed by atoms with E-state index in [0.717, 1.165) is 10.9 Å². The second kappa shape index (κ2) is 5.98. The molecule has 3 nitrogen and oxygen atoms in total. The van der Waals surface area contributed by atoms with Gasteiger partial charge in [-0.25, -0.2) is 4.39 Å². The van der Waals surface area contributed by atoms with E-state index in [1.807, 2.05) is 6.92 Å². The molecule has 0 aliphatic carbocycles. The highest BCUT2D eigenvalue weighted by molar-refractivity contribution is 7.14. The third-order valence-electron chi connectivity index (χ3n) is 3.09. The van der Waals surface area contributed by atoms with Crippen LogP contribution in [0.1, 0.15) is 30.5 Å². The van der Waals surface area contributed by atoms with Crippen LogP contribution in [0.5, 0.6) is 0 Å². The maximum atomic E-state index is 13.5. The van der Waals surface area contributed by atoms with Crippen molar-refractivity contribution in [1.29, 1.82) is 5.26 Å². The van der Waals surface area contributed by atoms with Gasteiger partial charge in [-0.05, 0) is 37.6 Å². The molecule has 0 amide bonds. The lowest BCUT2D eigenvalue weighted by Gasteiger charge is -2.07. The van der Waals surface area contributed by atoms with Crippen molar-refractivity contribution >= 4 is 22.9 Å². The largest absolute Gasteiger partial charge is 0.292 e. The Kier molecular flexibility index (Phi) is 4.29. The van der Waals surface area contributed by atoms with Crippen molar-refractivity contribution < 1.29 is 14.0 Å². The predicted molar refractivity (Wildman–Crippen MR) is 78.0 cm³/mol. The molecular weight excluding hydrogens is 289 g/mol. The lowest BCUT2D eigenvalue weighted by Crippen LogP contribution is -2.22. The molecule has 0 N–H and O–H groups in total. The van der Waals surface area contributed by atoms with E-state index in [2.05, 4.69) is 0 Å². The first-order valence-electron chi connectivity index (χ1n) is 6.24. The molecule has 0 aliphatic rings. The zero-order valence-electron chi connectivity index (χ0n) is 11.5. The van der Waals surface area contributed by atoms with Crippen LogP contribution < -0.4 is 0 Å². The molecule has 106 valence electrons. The minimum Gasteiger partial charge on any atom is -0.292 e. The molecule has 2 rings (SSSR count). The second-order valence-electron chi connectivity index (χ2n) is 4.66. The van der Waals surface area contributed by atoms with Gasteiger partial charge in [0.1, 0.15) is 5.82 Å². The van der Waals surface area contributed by atoms with Crippen molar-refractivity contribution in [2.24, 2.45) is 5.92 Å². The highest BCUT2D eigenvalue weighted by Crippen LogP contribution is 2.22. The summed E-state index contributed by atoms with van der Waals surface area (Å²) in [5.74, 6) is -3.18. The molecule has 1 atom stereocenters. The number of carbonyl (C=O) groups is 2. The number of benzene rings is 1. The monoisotopic (exact) mass is 301 g/mol. The lowest BCUT2D eigenvalue weighted by molar-refractivity contribution is 0.0848. The van der Waals surface area contributed by atoms with E-state index in [1.165, 1.54) is 23.5 Å². The van der Waals surface area contributed by atoms with Crippen LogP contribution in [0.2, 0.25) is 0 Å². The van der Waals surface area contributed by atoms with Crippen molar-refractivity contribution in [3.05, 3.63) is 57.0 Å². The average Bonchev–Trinajstić information content (AvgIpc) is 2.89. The summed E-state index contributed by atoms with van der Waals surface area (Å²) < 4.78 is 13.5. The summed E-state index contributed by atoms with van der Waals surface area (Å²) in [5, 5.41) is 9.14. The number of rotatable bonds is 4. The van der Waals surface area contributed by atoms with Crippen LogP contribution in [-0.2, 0) is 0 Å². The standard InChI is InChI=1S/C16H12FNO2S/c1-9-3-5-11(7-13(9)17)15(19)12(8-18)16(20)14-6-4-10(2)21-14/h3-7,12H,1-2H3/t12-/m1/s1. The molecule has 0 radical (unpaired) electrons. The fraction of sp³-hybridized carbons (Fsp3) is 0.188. The van der Waals surface area contributed by atoms with Gasteiger partial charge < -0.3 is 0 Å². The summed E-state index contributed by atoms with van der Waals surface area (Å²) in [6.45, 7) is 3.41. The Bertz CT molecular complexity index is 758. The van der Waals surface area contributed by atoms with Crippen LogP contribution in [0.4, 0.5) is 4.39 Å². The Labute approximate surface area is 125 Å². The summed E-state index contributed by atoms with van der Waals surface area (Å²) in [6, 6.07) is 9.02. The first-order valence-corrected chi connectivity index (χ1v) is 7.06. The van der Waals surface area contributed by atoms with E-state index in [0.29, 0.717) is 10.4 Å². The van der Waals surface area contributed by atoms with Crippen LogP contribution in [0.15, 0.2) is 30.3 Å². The topological polar surface area (TPSA) is 57.9 Å². The van der Waals surface area contributed by atoms with Crippen molar-refractivity contribution in [3.63, 3.8) is 0 Å². The third kappa shape index (κ3) is 3.06. The van der Waals surface area contributed by atoms with Gasteiger partial charge in [-0.2, -0.15) is 5.26 Å². The van der Waals surface area contributed by atoms with Gasteiger partial charge >= 0.3 is 0 Å². The summed E-state index contributed by atoms with van der Waals surface area (Å²) in [4.78, 5) is 25.8. The van der Waals surface area contributed by atoms with E-state index in [4.69, 9.17) is 5.26 Å². The summed E-state index contributed by atoms with van der Waals surface area (Å²) in [5.41, 5.74) is 0.437. The van der Waals surface area contributed by atoms with Gasteiger partial charge in [0.15, 0.2) is 17.5 Å². The molecule has 0 unspecified atom stereocenters. The molecule has 1 heterocycles. The number of aryl methyl sites for hydroxylation is 2. The van der Waals surface area contributed by atoms with Gasteiger partial charge in [-0.15, -0.1) is 11.3 Å². The molecule has 0 bridgehead atoms. The fourth-order valence-electron chi connectivity index (χ4n) is 1.86. The van der Waals surface area contributed by atoms with Crippen LogP contribution in [-0.4, -0.2) is 11.6 Å². The number of halogens is 1. The van der Waals surface area contributed by atoms with Crippen molar-refractivity contribution in [3.8, 4) is 6.07 Å². The van der Waals surface area contributed by atoms with Crippen molar-refractivity contribution in [2.45, 2.75) is 13.8 Å². The van der Waals surface area contributed by atoms with Crippen LogP contribution >= 0.6 is 11.3 Å². The average molecular weight is 301 g/mol. The Morgan fingerprint density at radius 3 is 2.43 bits per heavy atom. The Morgan fingerprint density at radius 1 is 1.19 bits per heavy atom. The van der Waals surface area contributed by atoms with E-state index in [1.54, 1.807) is 25.1 Å². The number of thiophene rings is 1. The van der Waals surface area contributed by atoms with Gasteiger partial charge in [0.05, 0.1) is 10.9 Å². The van der Waals surface area contributed by atoms with E-state index >= 15 is 0 Å². The zero-order valence-corrected chi connectivity index (χ0v) is 12.3. The molecule has 5 heteroatoms. The quantitative estimate of drug-likeness (QED) is 0.639. The molecule has 0 saturated carbocycles. The fourth-order valence-corrected chi connectivity index (χ4v) is 2.70. The smallest absolute Gasteiger partial charge is 0.197 e. The number of nitrogens with zero attached hydrogens (tertiary/aromatic N) is 1. The van der Waals surface area contributed by atoms with Crippen molar-refractivity contribution in [1.82, 2.24) is 0 Å². The molecule has 0 spiro atoms. The number of ketones is 2. The van der Waals surface area contributed by atoms with Gasteiger partial charge in [0, 0.05) is 10.4 Å². The normalized spacial score (nSPS) is 11.7. The van der Waals surface area contributed by atoms with Gasteiger partial charge in [-0.1, -0.05) is 12.1 Å². The number of carbonyl (C=O) groups excluding carboxylic acids is 2. The van der Waals surface area contributed by atoms with Crippen LogP contribution in [0.25, 0.3) is 0 Å². The van der Waals surface area contributed by atoms with Crippen molar-refractivity contribution in [2.75, 3.05) is 0 Å². The molecule has 1 aromatic carbocycles. The molecular formula is C16H12FNO2S. The summed E-state index contributed by atoms with van der Waals surface area (Å²) >= 11 is 1.23. The Hall–Kier alpha value is -2.32. The first kappa shape index (κ1) is 15.1. The van der Waals surface area contributed by atoms with Gasteiger partial charge in [0.2, 0.25) is 0 Å². The SMILES string of the molecule is Cc1ccc(C(=O)[C@H](C#N)C(=O)c2ccc(C)c(F)c2)s1. The highest BCUT2D eigenvalue weighted by Gasteiger charge is 2.29. The summed E-state index contributed by atoms with van der Waals surface area (Å²) in [6.07, 6.45) is 0. The Morgan fingerprint density at radius 2 is 1.90 bits per heavy atom. The molecule has 1 aromatic heterocycles. The minimum absolute atomic E-state index is 0.0336. The number of nitriles is 1. The van der Waals surface area contributed by atoms with Crippen LogP contribution in [0, 0.1) is 36.9 Å². The van der Waals surface area contributed by atoms with Gasteiger partial charge in [-0.3, -0.25) is 9.59 Å². The predicted octanol–water partition coefficient (Wildman–Crippen LogP) is 3.71. The molecule has 2 aromatic rings. The number of hydrogen-bond acceptors (Lipinski definition) is 4. The minimum atomic E-state index is -1.44. The van der Waals surface area contributed by atoms with E-state index in [9.17, 15) is 14.0 Å². The van der Waals surface area contributed by atoms with E-state index in [-0.39, 0.29) is 5.56 Å². The molecule has 0 aliphatic heterocycles. The highest BCUT2D eigenvalue weighted by atomic mass is 32.1. The lowest BCUT2D eigenvalue weighted by atomic mass is 9.93. The molecule has 0 saturated heterocycles. The molecule has 21 heavy (non-hydrogen) atoms. The maximum Gasteiger partial charge on any atom is 0.197 e. The van der Waals surface area contributed by atoms with E-state index < -0.39 is 23.3 Å². The third-order valence-corrected chi connectivity index (χ3v) is 4.11. The summed E-state index contributed by atoms with van der Waals surface area (Å²) in [7, 11) is 0. The number of hydrogen-bond donors (Lipinski definition) is 0. The second-order valence-corrected chi connectivity index (χ2v) is 5.95. The Balaban J connectivity index is 2.33. The van der Waals surface area contributed by atoms with Gasteiger partial charge in [0.25, 0.3) is 0 Å². The number of Topliss-reactive ketones (excluding diaryl/α,β-unsaturated/α-hetero) is 2. The van der Waals surface area contributed by atoms with Crippen LogP contribution in [0.3, 0.4) is 0 Å². The maximum absolute atomic E-state index is 13.5. The molecule has 0 fully saturated rings. The zero-order chi connectivity index (χ0) is 15.6. The first-order chi connectivity index (χ1) is 9.93.